The Hall–Kier alpha value is -1.42. The minimum absolute atomic E-state index is 0.121. The summed E-state index contributed by atoms with van der Waals surface area (Å²) in [6.45, 7) is 2.66. The second kappa shape index (κ2) is 5.06. The number of ether oxygens (including phenoxy) is 1. The molecule has 0 radical (unpaired) electrons. The van der Waals surface area contributed by atoms with E-state index in [0.29, 0.717) is 6.61 Å². The number of piperidine rings is 1. The first-order valence-electron chi connectivity index (χ1n) is 6.68. The van der Waals surface area contributed by atoms with Crippen LogP contribution in [0.5, 0.6) is 0 Å². The van der Waals surface area contributed by atoms with Crippen LogP contribution in [-0.4, -0.2) is 41.6 Å². The molecule has 4 heteroatoms. The molecule has 2 fully saturated rings. The van der Waals surface area contributed by atoms with Gasteiger partial charge < -0.3 is 4.74 Å². The largest absolute Gasteiger partial charge is 0.463 e. The molecule has 0 N–H and O–H groups in total. The summed E-state index contributed by atoms with van der Waals surface area (Å²) in [4.78, 5) is 18.7. The molecule has 2 aliphatic rings. The third-order valence-corrected chi connectivity index (χ3v) is 3.90. The first-order chi connectivity index (χ1) is 8.86. The predicted molar refractivity (Wildman–Crippen MR) is 67.1 cm³/mol. The summed E-state index contributed by atoms with van der Waals surface area (Å²) < 4.78 is 5.27. The normalized spacial score (nSPS) is 29.2. The molecule has 1 aromatic rings. The minimum atomic E-state index is -0.204. The number of hydrogen-bond donors (Lipinski definition) is 0. The molecular weight excluding hydrogens is 228 g/mol. The lowest BCUT2D eigenvalue weighted by Crippen LogP contribution is -2.43. The van der Waals surface area contributed by atoms with Crippen molar-refractivity contribution in [2.24, 2.45) is 0 Å². The molecule has 1 aromatic heterocycles. The van der Waals surface area contributed by atoms with Crippen molar-refractivity contribution in [3.8, 4) is 0 Å². The van der Waals surface area contributed by atoms with Gasteiger partial charge >= 0.3 is 5.97 Å². The van der Waals surface area contributed by atoms with E-state index in [2.05, 4.69) is 9.88 Å². The molecule has 2 unspecified atom stereocenters. The zero-order chi connectivity index (χ0) is 12.4. The van der Waals surface area contributed by atoms with E-state index in [-0.39, 0.29) is 17.9 Å². The topological polar surface area (TPSA) is 42.4 Å². The zero-order valence-electron chi connectivity index (χ0n) is 10.4. The van der Waals surface area contributed by atoms with Crippen molar-refractivity contribution in [3.63, 3.8) is 0 Å². The molecule has 0 spiro atoms. The van der Waals surface area contributed by atoms with Crippen LogP contribution < -0.4 is 0 Å². The molecule has 0 amide bonds. The fourth-order valence-electron chi connectivity index (χ4n) is 2.95. The monoisotopic (exact) mass is 246 g/mol. The Morgan fingerprint density at radius 2 is 2.06 bits per heavy atom. The number of likely N-dealkylation sites (tertiary alicyclic amines) is 1. The van der Waals surface area contributed by atoms with Gasteiger partial charge in [-0.25, -0.2) is 0 Å². The van der Waals surface area contributed by atoms with Gasteiger partial charge in [-0.3, -0.25) is 14.7 Å². The van der Waals surface area contributed by atoms with Crippen molar-refractivity contribution in [1.29, 1.82) is 0 Å². The third kappa shape index (κ3) is 2.12. The van der Waals surface area contributed by atoms with Gasteiger partial charge in [0.05, 0.1) is 11.7 Å². The fraction of sp³-hybridized carbons (Fsp3) is 0.571. The lowest BCUT2D eigenvalue weighted by molar-refractivity contribution is -0.139. The van der Waals surface area contributed by atoms with E-state index in [0.717, 1.165) is 18.8 Å². The van der Waals surface area contributed by atoms with Gasteiger partial charge in [0.25, 0.3) is 0 Å². The van der Waals surface area contributed by atoms with Crippen LogP contribution in [0.25, 0.3) is 0 Å². The molecule has 18 heavy (non-hydrogen) atoms. The molecule has 0 saturated carbocycles. The van der Waals surface area contributed by atoms with Crippen molar-refractivity contribution in [2.75, 3.05) is 19.7 Å². The number of nitrogens with zero attached hydrogens (tertiary/aromatic N) is 2. The number of rotatable bonds is 2. The number of pyridine rings is 1. The van der Waals surface area contributed by atoms with Crippen LogP contribution >= 0.6 is 0 Å². The van der Waals surface area contributed by atoms with Crippen LogP contribution in [0.4, 0.5) is 0 Å². The summed E-state index contributed by atoms with van der Waals surface area (Å²) in [5, 5.41) is 0. The first-order valence-corrected chi connectivity index (χ1v) is 6.68. The summed E-state index contributed by atoms with van der Waals surface area (Å²) in [5.74, 6) is -0.325. The first kappa shape index (κ1) is 11.7. The van der Waals surface area contributed by atoms with Crippen LogP contribution in [0.3, 0.4) is 0 Å². The van der Waals surface area contributed by atoms with Crippen LogP contribution in [-0.2, 0) is 9.53 Å². The highest BCUT2D eigenvalue weighted by Gasteiger charge is 2.42. The van der Waals surface area contributed by atoms with Gasteiger partial charge in [0, 0.05) is 6.20 Å². The minimum Gasteiger partial charge on any atom is -0.463 e. The number of hydrogen-bond acceptors (Lipinski definition) is 4. The van der Waals surface area contributed by atoms with Gasteiger partial charge in [-0.2, -0.15) is 0 Å². The Morgan fingerprint density at radius 3 is 2.78 bits per heavy atom. The fourth-order valence-corrected chi connectivity index (χ4v) is 2.95. The Bertz CT molecular complexity index is 415. The summed E-state index contributed by atoms with van der Waals surface area (Å²) >= 11 is 0. The van der Waals surface area contributed by atoms with Crippen molar-refractivity contribution in [3.05, 3.63) is 30.1 Å². The molecule has 0 aromatic carbocycles. The average Bonchev–Trinajstić information content (AvgIpc) is 2.83. The van der Waals surface area contributed by atoms with Gasteiger partial charge in [0.1, 0.15) is 12.5 Å². The summed E-state index contributed by atoms with van der Waals surface area (Å²) in [7, 11) is 0. The van der Waals surface area contributed by atoms with E-state index in [1.807, 2.05) is 18.2 Å². The number of cyclic esters (lactones) is 1. The number of aromatic nitrogens is 1. The number of carbonyl (C=O) groups is 1. The molecule has 2 aliphatic heterocycles. The number of carbonyl (C=O) groups excluding carboxylic acids is 1. The predicted octanol–water partition coefficient (Wildman–Crippen LogP) is 1.58. The molecule has 96 valence electrons. The maximum atomic E-state index is 11.9. The molecule has 0 bridgehead atoms. The zero-order valence-corrected chi connectivity index (χ0v) is 10.4. The van der Waals surface area contributed by atoms with E-state index in [9.17, 15) is 4.79 Å². The Balaban J connectivity index is 1.83. The highest BCUT2D eigenvalue weighted by Crippen LogP contribution is 2.30. The highest BCUT2D eigenvalue weighted by atomic mass is 16.5. The molecule has 2 atom stereocenters. The van der Waals surface area contributed by atoms with Crippen molar-refractivity contribution < 1.29 is 9.53 Å². The Morgan fingerprint density at radius 1 is 1.22 bits per heavy atom. The van der Waals surface area contributed by atoms with Crippen LogP contribution in [0, 0.1) is 0 Å². The summed E-state index contributed by atoms with van der Waals surface area (Å²) in [6, 6.07) is 5.91. The van der Waals surface area contributed by atoms with Gasteiger partial charge in [-0.05, 0) is 38.1 Å². The van der Waals surface area contributed by atoms with Gasteiger partial charge in [-0.1, -0.05) is 12.5 Å². The second-order valence-electron chi connectivity index (χ2n) is 5.03. The highest BCUT2D eigenvalue weighted by molar-refractivity contribution is 5.80. The van der Waals surface area contributed by atoms with E-state index < -0.39 is 0 Å². The number of esters is 1. The van der Waals surface area contributed by atoms with Crippen LogP contribution in [0.2, 0.25) is 0 Å². The van der Waals surface area contributed by atoms with E-state index in [1.165, 1.54) is 19.3 Å². The lowest BCUT2D eigenvalue weighted by Gasteiger charge is -2.33. The Labute approximate surface area is 107 Å². The lowest BCUT2D eigenvalue weighted by atomic mass is 9.95. The molecule has 3 rings (SSSR count). The second-order valence-corrected chi connectivity index (χ2v) is 5.03. The maximum absolute atomic E-state index is 11.9. The van der Waals surface area contributed by atoms with Crippen LogP contribution in [0.1, 0.15) is 30.9 Å². The van der Waals surface area contributed by atoms with E-state index in [4.69, 9.17) is 4.74 Å². The molecular formula is C14H18N2O2. The van der Waals surface area contributed by atoms with Gasteiger partial charge in [-0.15, -0.1) is 0 Å². The van der Waals surface area contributed by atoms with E-state index in [1.54, 1.807) is 6.20 Å². The quantitative estimate of drug-likeness (QED) is 0.743. The van der Waals surface area contributed by atoms with Gasteiger partial charge in [0.2, 0.25) is 0 Å². The Kier molecular flexibility index (Phi) is 3.28. The van der Waals surface area contributed by atoms with Gasteiger partial charge in [0.15, 0.2) is 0 Å². The van der Waals surface area contributed by atoms with Crippen molar-refractivity contribution in [2.45, 2.75) is 31.2 Å². The smallest absolute Gasteiger partial charge is 0.316 e. The summed E-state index contributed by atoms with van der Waals surface area (Å²) in [5.41, 5.74) is 0.843. The third-order valence-electron chi connectivity index (χ3n) is 3.90. The van der Waals surface area contributed by atoms with Crippen molar-refractivity contribution >= 4 is 5.97 Å². The average molecular weight is 246 g/mol. The van der Waals surface area contributed by atoms with E-state index >= 15 is 0 Å². The molecule has 4 nitrogen and oxygen atoms in total. The van der Waals surface area contributed by atoms with Crippen LogP contribution in [0.15, 0.2) is 24.4 Å². The standard InChI is InChI=1S/C14H18N2O2/c17-14-13(11-6-2-3-7-15-11)12(10-18-14)16-8-4-1-5-9-16/h2-3,6-7,12-13H,1,4-5,8-10H2. The molecule has 2 saturated heterocycles. The molecule has 0 aliphatic carbocycles. The molecule has 3 heterocycles. The van der Waals surface area contributed by atoms with Crippen molar-refractivity contribution in [1.82, 2.24) is 9.88 Å². The summed E-state index contributed by atoms with van der Waals surface area (Å²) in [6.07, 6.45) is 5.49. The maximum Gasteiger partial charge on any atom is 0.316 e. The SMILES string of the molecule is O=C1OCC(N2CCCCC2)C1c1ccccn1.